The molecule has 1 unspecified atom stereocenters. The zero-order chi connectivity index (χ0) is 20.0. The van der Waals surface area contributed by atoms with Gasteiger partial charge in [-0.1, -0.05) is 24.6 Å². The number of nitrogens with one attached hydrogen (secondary N) is 1. The van der Waals surface area contributed by atoms with Crippen molar-refractivity contribution in [3.05, 3.63) is 41.4 Å². The second-order valence-electron chi connectivity index (χ2n) is 7.16. The predicted octanol–water partition coefficient (Wildman–Crippen LogP) is 3.81. The number of benzene rings is 1. The molecule has 1 aliphatic heterocycles. The van der Waals surface area contributed by atoms with E-state index in [-0.39, 0.29) is 6.04 Å². The Kier molecular flexibility index (Phi) is 4.77. The van der Waals surface area contributed by atoms with Gasteiger partial charge in [0.25, 0.3) is 0 Å². The Morgan fingerprint density at radius 3 is 3.03 bits per heavy atom. The number of fused-ring (bicyclic) bond motifs is 2. The molecular weight excluding hydrogens is 406 g/mol. The van der Waals surface area contributed by atoms with Crippen LogP contribution in [-0.4, -0.2) is 44.1 Å². The minimum absolute atomic E-state index is 0.152. The number of halogens is 1. The van der Waals surface area contributed by atoms with Crippen molar-refractivity contribution in [2.45, 2.75) is 35.9 Å². The van der Waals surface area contributed by atoms with Gasteiger partial charge in [-0.3, -0.25) is 0 Å². The maximum Gasteiger partial charge on any atom is 0.196 e. The molecule has 0 aliphatic carbocycles. The van der Waals surface area contributed by atoms with Crippen molar-refractivity contribution < 1.29 is 0 Å². The van der Waals surface area contributed by atoms with Gasteiger partial charge < -0.3 is 15.6 Å². The van der Waals surface area contributed by atoms with E-state index >= 15 is 0 Å². The topological polar surface area (TPSA) is 96.6 Å². The van der Waals surface area contributed by atoms with Crippen molar-refractivity contribution in [3.8, 4) is 0 Å². The minimum Gasteiger partial charge on any atom is -0.354 e. The minimum atomic E-state index is 0.152. The lowest BCUT2D eigenvalue weighted by Gasteiger charge is -2.18. The van der Waals surface area contributed by atoms with E-state index in [9.17, 15) is 0 Å². The summed E-state index contributed by atoms with van der Waals surface area (Å²) in [6.45, 7) is 3.71. The Bertz CT molecular complexity index is 1210. The monoisotopic (exact) mass is 425 g/mol. The lowest BCUT2D eigenvalue weighted by Crippen LogP contribution is -2.27. The molecule has 1 atom stereocenters. The van der Waals surface area contributed by atoms with E-state index in [0.29, 0.717) is 10.2 Å². The Morgan fingerprint density at radius 1 is 1.34 bits per heavy atom. The quantitative estimate of drug-likeness (QED) is 0.480. The van der Waals surface area contributed by atoms with Crippen LogP contribution in [0.25, 0.3) is 21.9 Å². The van der Waals surface area contributed by atoms with Crippen LogP contribution in [0.3, 0.4) is 0 Å². The van der Waals surface area contributed by atoms with Crippen LogP contribution < -0.4 is 10.6 Å². The first-order valence-electron chi connectivity index (χ1n) is 9.58. The van der Waals surface area contributed by atoms with Crippen LogP contribution in [0.15, 0.2) is 40.8 Å². The molecule has 29 heavy (non-hydrogen) atoms. The molecule has 0 radical (unpaired) electrons. The van der Waals surface area contributed by atoms with Gasteiger partial charge in [0.1, 0.15) is 17.8 Å². The number of hydrogen-bond donors (Lipinski definition) is 2. The first kappa shape index (κ1) is 18.6. The number of H-pyrrole nitrogens is 1. The molecular formula is C20H20ClN7S. The van der Waals surface area contributed by atoms with Crippen molar-refractivity contribution in [1.29, 1.82) is 0 Å². The second-order valence-corrected chi connectivity index (χ2v) is 8.58. The first-order chi connectivity index (χ1) is 14.1. The Hall–Kier alpha value is -2.42. The number of nitrogens with zero attached hydrogens (tertiary/aromatic N) is 5. The van der Waals surface area contributed by atoms with Gasteiger partial charge in [0, 0.05) is 41.3 Å². The largest absolute Gasteiger partial charge is 0.354 e. The third-order valence-corrected chi connectivity index (χ3v) is 6.46. The van der Waals surface area contributed by atoms with Gasteiger partial charge in [-0.2, -0.15) is 0 Å². The highest BCUT2D eigenvalue weighted by atomic mass is 35.5. The van der Waals surface area contributed by atoms with E-state index in [1.807, 2.05) is 18.2 Å². The molecule has 7 nitrogen and oxygen atoms in total. The highest BCUT2D eigenvalue weighted by Crippen LogP contribution is 2.37. The van der Waals surface area contributed by atoms with E-state index in [2.05, 4.69) is 26.8 Å². The van der Waals surface area contributed by atoms with Crippen LogP contribution in [0.4, 0.5) is 5.82 Å². The Labute approximate surface area is 177 Å². The zero-order valence-electron chi connectivity index (χ0n) is 15.9. The lowest BCUT2D eigenvalue weighted by atomic mass is 10.2. The van der Waals surface area contributed by atoms with Gasteiger partial charge in [-0.05, 0) is 36.7 Å². The fourth-order valence-electron chi connectivity index (χ4n) is 3.69. The maximum absolute atomic E-state index is 6.66. The van der Waals surface area contributed by atoms with Crippen LogP contribution in [0.1, 0.15) is 19.0 Å². The SMILES string of the molecule is CCc1[nH]c2nc(Sc3ccc4cncnc4c3)nc(N3CCC(N)C3)c2c1Cl. The number of aromatic nitrogens is 5. The maximum atomic E-state index is 6.66. The molecule has 0 bridgehead atoms. The number of aromatic amines is 1. The van der Waals surface area contributed by atoms with Crippen LogP contribution in [0, 0.1) is 0 Å². The summed E-state index contributed by atoms with van der Waals surface area (Å²) in [5, 5.41) is 3.26. The Morgan fingerprint density at radius 2 is 2.24 bits per heavy atom. The highest BCUT2D eigenvalue weighted by molar-refractivity contribution is 7.99. The van der Waals surface area contributed by atoms with Gasteiger partial charge in [-0.25, -0.2) is 19.9 Å². The van der Waals surface area contributed by atoms with Crippen molar-refractivity contribution in [1.82, 2.24) is 24.9 Å². The number of nitrogens with two attached hydrogens (primary N) is 1. The van der Waals surface area contributed by atoms with Crippen molar-refractivity contribution in [2.24, 2.45) is 5.73 Å². The number of aryl methyl sites for hydroxylation is 1. The van der Waals surface area contributed by atoms with E-state index < -0.39 is 0 Å². The molecule has 0 saturated carbocycles. The number of anilines is 1. The molecule has 1 saturated heterocycles. The third kappa shape index (κ3) is 3.41. The van der Waals surface area contributed by atoms with Gasteiger partial charge in [0.2, 0.25) is 0 Å². The molecule has 9 heteroatoms. The van der Waals surface area contributed by atoms with Crippen LogP contribution >= 0.6 is 23.4 Å². The lowest BCUT2D eigenvalue weighted by molar-refractivity contribution is 0.751. The van der Waals surface area contributed by atoms with E-state index in [1.165, 1.54) is 11.8 Å². The summed E-state index contributed by atoms with van der Waals surface area (Å²) >= 11 is 8.18. The highest BCUT2D eigenvalue weighted by Gasteiger charge is 2.26. The van der Waals surface area contributed by atoms with E-state index in [1.54, 1.807) is 12.5 Å². The summed E-state index contributed by atoms with van der Waals surface area (Å²) in [7, 11) is 0. The zero-order valence-corrected chi connectivity index (χ0v) is 17.5. The van der Waals surface area contributed by atoms with Crippen LogP contribution in [-0.2, 0) is 6.42 Å². The summed E-state index contributed by atoms with van der Waals surface area (Å²) in [5.41, 5.74) is 8.79. The molecule has 1 aliphatic rings. The van der Waals surface area contributed by atoms with Crippen molar-refractivity contribution >= 4 is 51.1 Å². The summed E-state index contributed by atoms with van der Waals surface area (Å²) in [6.07, 6.45) is 5.12. The molecule has 0 spiro atoms. The van der Waals surface area contributed by atoms with Crippen molar-refractivity contribution in [3.63, 3.8) is 0 Å². The standard InChI is InChI=1S/C20H20ClN7S/c1-2-14-17(21)16-18(25-14)26-20(27-19(16)28-6-5-12(22)9-28)29-13-4-3-11-8-23-10-24-15(11)7-13/h3-4,7-8,10,12H,2,5-6,9,22H2,1H3,(H,25,26,27). The molecule has 1 aromatic carbocycles. The average molecular weight is 426 g/mol. The van der Waals surface area contributed by atoms with Gasteiger partial charge >= 0.3 is 0 Å². The van der Waals surface area contributed by atoms with Crippen molar-refractivity contribution in [2.75, 3.05) is 18.0 Å². The smallest absolute Gasteiger partial charge is 0.196 e. The van der Waals surface area contributed by atoms with Gasteiger partial charge in [0.15, 0.2) is 5.16 Å². The molecule has 1 fully saturated rings. The van der Waals surface area contributed by atoms with E-state index in [0.717, 1.165) is 64.3 Å². The number of rotatable bonds is 4. The second kappa shape index (κ2) is 7.44. The number of hydrogen-bond acceptors (Lipinski definition) is 7. The van der Waals surface area contributed by atoms with Gasteiger partial charge in [0.05, 0.1) is 15.9 Å². The van der Waals surface area contributed by atoms with E-state index in [4.69, 9.17) is 27.3 Å². The predicted molar refractivity (Wildman–Crippen MR) is 117 cm³/mol. The summed E-state index contributed by atoms with van der Waals surface area (Å²) < 4.78 is 0. The summed E-state index contributed by atoms with van der Waals surface area (Å²) in [5.74, 6) is 0.856. The molecule has 0 amide bonds. The first-order valence-corrected chi connectivity index (χ1v) is 10.8. The molecule has 148 valence electrons. The van der Waals surface area contributed by atoms with Crippen LogP contribution in [0.5, 0.6) is 0 Å². The molecule has 5 rings (SSSR count). The Balaban J connectivity index is 1.59. The molecule has 3 aromatic heterocycles. The summed E-state index contributed by atoms with van der Waals surface area (Å²) in [4.78, 5) is 24.6. The van der Waals surface area contributed by atoms with Gasteiger partial charge in [-0.15, -0.1) is 0 Å². The fourth-order valence-corrected chi connectivity index (χ4v) is 4.83. The summed E-state index contributed by atoms with van der Waals surface area (Å²) in [6, 6.07) is 6.23. The molecule has 4 aromatic rings. The third-order valence-electron chi connectivity index (χ3n) is 5.19. The fraction of sp³-hybridized carbons (Fsp3) is 0.300. The average Bonchev–Trinajstić information content (AvgIpc) is 3.30. The molecule has 3 N–H and O–H groups in total. The molecule has 4 heterocycles. The normalized spacial score (nSPS) is 16.9. The van der Waals surface area contributed by atoms with Crippen LogP contribution in [0.2, 0.25) is 5.02 Å².